The monoisotopic (exact) mass is 183 g/mol. The SMILES string of the molecule is Cn1cnnc1-c1sccc1F. The molecular formula is C7H6FN3S. The van der Waals surface area contributed by atoms with Gasteiger partial charge < -0.3 is 4.57 Å². The van der Waals surface area contributed by atoms with Crippen LogP contribution in [0, 0.1) is 5.82 Å². The first-order valence-corrected chi connectivity index (χ1v) is 4.24. The number of halogens is 1. The second-order valence-electron chi connectivity index (χ2n) is 2.36. The fourth-order valence-corrected chi connectivity index (χ4v) is 1.74. The van der Waals surface area contributed by atoms with Gasteiger partial charge >= 0.3 is 0 Å². The molecule has 0 saturated heterocycles. The molecule has 0 unspecified atom stereocenters. The van der Waals surface area contributed by atoms with Crippen molar-refractivity contribution in [1.29, 1.82) is 0 Å². The van der Waals surface area contributed by atoms with Gasteiger partial charge in [-0.2, -0.15) is 0 Å². The molecule has 62 valence electrons. The Bertz CT molecular complexity index is 355. The molecule has 2 heterocycles. The maximum Gasteiger partial charge on any atom is 0.176 e. The zero-order chi connectivity index (χ0) is 8.55. The lowest BCUT2D eigenvalue weighted by molar-refractivity contribution is 0.634. The summed E-state index contributed by atoms with van der Waals surface area (Å²) in [5, 5.41) is 9.17. The quantitative estimate of drug-likeness (QED) is 0.673. The molecule has 0 spiro atoms. The molecule has 0 radical (unpaired) electrons. The molecule has 0 aliphatic heterocycles. The lowest BCUT2D eigenvalue weighted by atomic mass is 10.4. The average Bonchev–Trinajstić information content (AvgIpc) is 2.59. The van der Waals surface area contributed by atoms with Crippen LogP contribution in [-0.2, 0) is 7.05 Å². The number of rotatable bonds is 1. The molecule has 2 aromatic heterocycles. The number of aromatic nitrogens is 3. The molecule has 12 heavy (non-hydrogen) atoms. The molecular weight excluding hydrogens is 177 g/mol. The molecule has 5 heteroatoms. The summed E-state index contributed by atoms with van der Waals surface area (Å²) >= 11 is 1.32. The van der Waals surface area contributed by atoms with Crippen LogP contribution in [0.2, 0.25) is 0 Å². The van der Waals surface area contributed by atoms with Crippen molar-refractivity contribution >= 4 is 11.3 Å². The minimum Gasteiger partial charge on any atom is -0.316 e. The Morgan fingerprint density at radius 2 is 2.42 bits per heavy atom. The molecule has 2 rings (SSSR count). The third-order valence-corrected chi connectivity index (χ3v) is 2.42. The number of hydrogen-bond acceptors (Lipinski definition) is 3. The van der Waals surface area contributed by atoms with Crippen LogP contribution in [0.25, 0.3) is 10.7 Å². The molecule has 0 N–H and O–H groups in total. The standard InChI is InChI=1S/C7H6FN3S/c1-11-4-9-10-7(11)6-5(8)2-3-12-6/h2-4H,1H3. The van der Waals surface area contributed by atoms with Gasteiger partial charge in [0.2, 0.25) is 0 Å². The predicted octanol–water partition coefficient (Wildman–Crippen LogP) is 1.68. The van der Waals surface area contributed by atoms with Gasteiger partial charge in [0.15, 0.2) is 5.82 Å². The molecule has 0 aliphatic rings. The van der Waals surface area contributed by atoms with E-state index in [2.05, 4.69) is 10.2 Å². The summed E-state index contributed by atoms with van der Waals surface area (Å²) in [7, 11) is 1.79. The zero-order valence-corrected chi connectivity index (χ0v) is 7.18. The first-order chi connectivity index (χ1) is 5.79. The molecule has 3 nitrogen and oxygen atoms in total. The first kappa shape index (κ1) is 7.42. The molecule has 0 bridgehead atoms. The van der Waals surface area contributed by atoms with Crippen LogP contribution < -0.4 is 0 Å². The normalized spacial score (nSPS) is 10.5. The summed E-state index contributed by atoms with van der Waals surface area (Å²) in [6, 6.07) is 1.43. The van der Waals surface area contributed by atoms with Crippen molar-refractivity contribution in [3.8, 4) is 10.7 Å². The Kier molecular flexibility index (Phi) is 1.65. The molecule has 0 fully saturated rings. The third kappa shape index (κ3) is 1.02. The van der Waals surface area contributed by atoms with E-state index in [4.69, 9.17) is 0 Å². The third-order valence-electron chi connectivity index (χ3n) is 1.53. The minimum atomic E-state index is -0.240. The summed E-state index contributed by atoms with van der Waals surface area (Å²) in [6.07, 6.45) is 1.55. The summed E-state index contributed by atoms with van der Waals surface area (Å²) in [4.78, 5) is 0.537. The molecule has 0 amide bonds. The number of aryl methyl sites for hydroxylation is 1. The topological polar surface area (TPSA) is 30.7 Å². The van der Waals surface area contributed by atoms with Crippen molar-refractivity contribution in [2.24, 2.45) is 7.05 Å². The highest BCUT2D eigenvalue weighted by Crippen LogP contribution is 2.25. The van der Waals surface area contributed by atoms with Gasteiger partial charge in [0.1, 0.15) is 17.0 Å². The Labute approximate surface area is 72.5 Å². The van der Waals surface area contributed by atoms with E-state index in [0.717, 1.165) is 0 Å². The Morgan fingerprint density at radius 1 is 1.58 bits per heavy atom. The fourth-order valence-electron chi connectivity index (χ4n) is 0.942. The molecule has 0 aliphatic carbocycles. The van der Waals surface area contributed by atoms with E-state index in [0.29, 0.717) is 10.7 Å². The maximum atomic E-state index is 13.0. The Balaban J connectivity index is 2.57. The van der Waals surface area contributed by atoms with Gasteiger partial charge in [-0.3, -0.25) is 0 Å². The summed E-state index contributed by atoms with van der Waals surface area (Å²) < 4.78 is 14.7. The van der Waals surface area contributed by atoms with Gasteiger partial charge in [-0.1, -0.05) is 0 Å². The van der Waals surface area contributed by atoms with E-state index in [1.165, 1.54) is 17.4 Å². The van der Waals surface area contributed by atoms with Gasteiger partial charge in [-0.25, -0.2) is 4.39 Å². The van der Waals surface area contributed by atoms with Crippen molar-refractivity contribution in [2.75, 3.05) is 0 Å². The van der Waals surface area contributed by atoms with E-state index in [-0.39, 0.29) is 5.82 Å². The van der Waals surface area contributed by atoms with Crippen LogP contribution in [0.4, 0.5) is 4.39 Å². The van der Waals surface area contributed by atoms with Crippen molar-refractivity contribution in [3.63, 3.8) is 0 Å². The minimum absolute atomic E-state index is 0.240. The smallest absolute Gasteiger partial charge is 0.176 e. The summed E-state index contributed by atoms with van der Waals surface area (Å²) in [5.41, 5.74) is 0. The number of nitrogens with zero attached hydrogens (tertiary/aromatic N) is 3. The van der Waals surface area contributed by atoms with E-state index in [1.54, 1.807) is 23.3 Å². The van der Waals surface area contributed by atoms with E-state index < -0.39 is 0 Å². The van der Waals surface area contributed by atoms with Gasteiger partial charge in [0, 0.05) is 7.05 Å². The highest BCUT2D eigenvalue weighted by molar-refractivity contribution is 7.13. The van der Waals surface area contributed by atoms with Gasteiger partial charge in [-0.15, -0.1) is 21.5 Å². The summed E-state index contributed by atoms with van der Waals surface area (Å²) in [6.45, 7) is 0. The largest absolute Gasteiger partial charge is 0.316 e. The molecule has 2 aromatic rings. The zero-order valence-electron chi connectivity index (χ0n) is 6.36. The van der Waals surface area contributed by atoms with Crippen LogP contribution in [0.1, 0.15) is 0 Å². The number of thiophene rings is 1. The fraction of sp³-hybridized carbons (Fsp3) is 0.143. The van der Waals surface area contributed by atoms with Crippen LogP contribution >= 0.6 is 11.3 Å². The van der Waals surface area contributed by atoms with E-state index >= 15 is 0 Å². The van der Waals surface area contributed by atoms with Crippen molar-refractivity contribution in [2.45, 2.75) is 0 Å². The highest BCUT2D eigenvalue weighted by Gasteiger charge is 2.10. The van der Waals surface area contributed by atoms with Gasteiger partial charge in [0.25, 0.3) is 0 Å². The van der Waals surface area contributed by atoms with Crippen LogP contribution in [-0.4, -0.2) is 14.8 Å². The van der Waals surface area contributed by atoms with Crippen LogP contribution in [0.3, 0.4) is 0 Å². The van der Waals surface area contributed by atoms with Crippen molar-refractivity contribution < 1.29 is 4.39 Å². The number of hydrogen-bond donors (Lipinski definition) is 0. The highest BCUT2D eigenvalue weighted by atomic mass is 32.1. The summed E-state index contributed by atoms with van der Waals surface area (Å²) in [5.74, 6) is 0.332. The van der Waals surface area contributed by atoms with Gasteiger partial charge in [0.05, 0.1) is 0 Å². The van der Waals surface area contributed by atoms with Crippen molar-refractivity contribution in [1.82, 2.24) is 14.8 Å². The van der Waals surface area contributed by atoms with Crippen molar-refractivity contribution in [3.05, 3.63) is 23.6 Å². The maximum absolute atomic E-state index is 13.0. The lowest BCUT2D eigenvalue weighted by Crippen LogP contribution is -1.90. The first-order valence-electron chi connectivity index (χ1n) is 3.36. The van der Waals surface area contributed by atoms with E-state index in [1.807, 2.05) is 0 Å². The Hall–Kier alpha value is -1.23. The second-order valence-corrected chi connectivity index (χ2v) is 3.28. The second kappa shape index (κ2) is 2.67. The van der Waals surface area contributed by atoms with Crippen LogP contribution in [0.5, 0.6) is 0 Å². The molecule has 0 atom stereocenters. The average molecular weight is 183 g/mol. The molecule has 0 saturated carbocycles. The van der Waals surface area contributed by atoms with Crippen LogP contribution in [0.15, 0.2) is 17.8 Å². The Morgan fingerprint density at radius 3 is 2.92 bits per heavy atom. The lowest BCUT2D eigenvalue weighted by Gasteiger charge is -1.94. The predicted molar refractivity (Wildman–Crippen MR) is 44.3 cm³/mol. The van der Waals surface area contributed by atoms with Gasteiger partial charge in [-0.05, 0) is 11.4 Å². The van der Waals surface area contributed by atoms with E-state index in [9.17, 15) is 4.39 Å². The molecule has 0 aromatic carbocycles.